The van der Waals surface area contributed by atoms with Crippen LogP contribution in [0.2, 0.25) is 0 Å². The normalized spacial score (nSPS) is 15.0. The number of nitrogens with one attached hydrogen (secondary N) is 2. The summed E-state index contributed by atoms with van der Waals surface area (Å²) in [4.78, 5) is 12.1. The van der Waals surface area contributed by atoms with Gasteiger partial charge in [0.1, 0.15) is 5.82 Å². The molecule has 0 aliphatic heterocycles. The lowest BCUT2D eigenvalue weighted by Gasteiger charge is -2.13. The van der Waals surface area contributed by atoms with E-state index in [9.17, 15) is 4.79 Å². The summed E-state index contributed by atoms with van der Waals surface area (Å²) in [5, 5.41) is 14.2. The summed E-state index contributed by atoms with van der Waals surface area (Å²) < 4.78 is 0. The summed E-state index contributed by atoms with van der Waals surface area (Å²) in [6.45, 7) is 2.15. The second kappa shape index (κ2) is 7.22. The Hall–Kier alpha value is -2.43. The van der Waals surface area contributed by atoms with Crippen LogP contribution >= 0.6 is 0 Å². The number of hydrogen-bond acceptors (Lipinski definition) is 4. The summed E-state index contributed by atoms with van der Waals surface area (Å²) in [7, 11) is 0. The molecular formula is C18H22N4O. The summed E-state index contributed by atoms with van der Waals surface area (Å²) in [6, 6.07) is 13.2. The number of para-hydroxylation sites is 1. The van der Waals surface area contributed by atoms with Gasteiger partial charge in [-0.1, -0.05) is 31.0 Å². The third-order valence-electron chi connectivity index (χ3n) is 4.03. The molecule has 5 heteroatoms. The minimum absolute atomic E-state index is 0.253. The van der Waals surface area contributed by atoms with Crippen molar-refractivity contribution in [1.29, 1.82) is 0 Å². The first kappa shape index (κ1) is 15.5. The zero-order valence-electron chi connectivity index (χ0n) is 13.3. The molecule has 1 aliphatic carbocycles. The van der Waals surface area contributed by atoms with Gasteiger partial charge in [0.15, 0.2) is 5.69 Å². The Morgan fingerprint density at radius 3 is 2.61 bits per heavy atom. The number of benzene rings is 1. The molecule has 1 aromatic carbocycles. The fourth-order valence-corrected chi connectivity index (χ4v) is 2.46. The second-order valence-corrected chi connectivity index (χ2v) is 6.19. The zero-order chi connectivity index (χ0) is 16.1. The van der Waals surface area contributed by atoms with Gasteiger partial charge in [0.05, 0.1) is 0 Å². The molecule has 2 aromatic rings. The quantitative estimate of drug-likeness (QED) is 0.818. The molecular weight excluding hydrogens is 288 g/mol. The minimum Gasteiger partial charge on any atom is -0.366 e. The lowest BCUT2D eigenvalue weighted by atomic mass is 10.1. The van der Waals surface area contributed by atoms with Crippen molar-refractivity contribution in [3.05, 3.63) is 48.2 Å². The minimum atomic E-state index is -0.253. The van der Waals surface area contributed by atoms with Gasteiger partial charge in [-0.05, 0) is 49.9 Å². The Morgan fingerprint density at radius 2 is 1.96 bits per heavy atom. The highest BCUT2D eigenvalue weighted by atomic mass is 16.1. The monoisotopic (exact) mass is 310 g/mol. The van der Waals surface area contributed by atoms with Crippen molar-refractivity contribution < 1.29 is 4.79 Å². The topological polar surface area (TPSA) is 66.9 Å². The number of anilines is 2. The van der Waals surface area contributed by atoms with Crippen molar-refractivity contribution >= 4 is 17.4 Å². The van der Waals surface area contributed by atoms with Crippen molar-refractivity contribution in [1.82, 2.24) is 10.2 Å². The van der Waals surface area contributed by atoms with E-state index in [-0.39, 0.29) is 5.91 Å². The zero-order valence-corrected chi connectivity index (χ0v) is 13.3. The third-order valence-corrected chi connectivity index (χ3v) is 4.03. The molecule has 1 atom stereocenters. The van der Waals surface area contributed by atoms with Crippen LogP contribution in [0.5, 0.6) is 0 Å². The van der Waals surface area contributed by atoms with Crippen molar-refractivity contribution in [3.63, 3.8) is 0 Å². The van der Waals surface area contributed by atoms with E-state index < -0.39 is 0 Å². The molecule has 1 unspecified atom stereocenters. The molecule has 120 valence electrons. The van der Waals surface area contributed by atoms with E-state index in [0.717, 1.165) is 18.0 Å². The number of carbonyl (C=O) groups excluding carboxylic acids is 1. The van der Waals surface area contributed by atoms with Crippen LogP contribution in [-0.4, -0.2) is 22.1 Å². The van der Waals surface area contributed by atoms with Crippen LogP contribution in [0.4, 0.5) is 11.5 Å². The number of rotatable bonds is 7. The first-order chi connectivity index (χ1) is 11.2. The van der Waals surface area contributed by atoms with E-state index in [1.54, 1.807) is 12.1 Å². The number of amides is 1. The van der Waals surface area contributed by atoms with Gasteiger partial charge in [-0.2, -0.15) is 0 Å². The second-order valence-electron chi connectivity index (χ2n) is 6.19. The standard InChI is InChI=1S/C18H22N4O/c1-13(7-8-14-9-10-14)19-17-12-11-16(21-22-17)18(23)20-15-5-3-2-4-6-15/h2-6,11-14H,7-10H2,1H3,(H,19,22)(H,20,23). The van der Waals surface area contributed by atoms with Gasteiger partial charge in [-0.25, -0.2) is 0 Å². The fourth-order valence-electron chi connectivity index (χ4n) is 2.46. The van der Waals surface area contributed by atoms with Crippen molar-refractivity contribution in [2.75, 3.05) is 10.6 Å². The average molecular weight is 310 g/mol. The maximum absolute atomic E-state index is 12.1. The molecule has 23 heavy (non-hydrogen) atoms. The molecule has 1 aliphatic rings. The van der Waals surface area contributed by atoms with E-state index in [1.807, 2.05) is 30.3 Å². The van der Waals surface area contributed by atoms with E-state index in [2.05, 4.69) is 27.8 Å². The lowest BCUT2D eigenvalue weighted by molar-refractivity contribution is 0.102. The number of hydrogen-bond donors (Lipinski definition) is 2. The van der Waals surface area contributed by atoms with Gasteiger partial charge in [-0.3, -0.25) is 4.79 Å². The Labute approximate surface area is 136 Å². The smallest absolute Gasteiger partial charge is 0.276 e. The first-order valence-corrected chi connectivity index (χ1v) is 8.17. The number of aromatic nitrogens is 2. The predicted octanol–water partition coefficient (Wildman–Crippen LogP) is 3.72. The highest BCUT2D eigenvalue weighted by Gasteiger charge is 2.21. The van der Waals surface area contributed by atoms with Gasteiger partial charge in [0, 0.05) is 11.7 Å². The molecule has 1 fully saturated rings. The van der Waals surface area contributed by atoms with Gasteiger partial charge in [0.25, 0.3) is 5.91 Å². The summed E-state index contributed by atoms with van der Waals surface area (Å²) >= 11 is 0. The van der Waals surface area contributed by atoms with Crippen molar-refractivity contribution in [3.8, 4) is 0 Å². The lowest BCUT2D eigenvalue weighted by Crippen LogP contribution is -2.18. The van der Waals surface area contributed by atoms with Crippen LogP contribution in [0.15, 0.2) is 42.5 Å². The van der Waals surface area contributed by atoms with Crippen molar-refractivity contribution in [2.45, 2.75) is 38.6 Å². The molecule has 3 rings (SSSR count). The van der Waals surface area contributed by atoms with Crippen LogP contribution in [0.3, 0.4) is 0 Å². The molecule has 1 saturated carbocycles. The average Bonchev–Trinajstić information content (AvgIpc) is 3.39. The Balaban J connectivity index is 1.52. The molecule has 0 spiro atoms. The van der Waals surface area contributed by atoms with Gasteiger partial charge >= 0.3 is 0 Å². The van der Waals surface area contributed by atoms with E-state index >= 15 is 0 Å². The van der Waals surface area contributed by atoms with Crippen molar-refractivity contribution in [2.24, 2.45) is 5.92 Å². The van der Waals surface area contributed by atoms with E-state index in [4.69, 9.17) is 0 Å². The van der Waals surface area contributed by atoms with Crippen LogP contribution in [0.25, 0.3) is 0 Å². The highest BCUT2D eigenvalue weighted by molar-refractivity contribution is 6.02. The summed E-state index contributed by atoms with van der Waals surface area (Å²) in [6.07, 6.45) is 5.19. The van der Waals surface area contributed by atoms with Crippen LogP contribution in [0.1, 0.15) is 43.1 Å². The SMILES string of the molecule is CC(CCC1CC1)Nc1ccc(C(=O)Nc2ccccc2)nn1. The third kappa shape index (κ3) is 4.77. The maximum Gasteiger partial charge on any atom is 0.276 e. The molecule has 2 N–H and O–H groups in total. The molecule has 1 heterocycles. The molecule has 0 bridgehead atoms. The molecule has 0 radical (unpaired) electrons. The summed E-state index contributed by atoms with van der Waals surface area (Å²) in [5.74, 6) is 1.40. The Morgan fingerprint density at radius 1 is 1.17 bits per heavy atom. The maximum atomic E-state index is 12.1. The highest BCUT2D eigenvalue weighted by Crippen LogP contribution is 2.34. The molecule has 1 aromatic heterocycles. The van der Waals surface area contributed by atoms with Gasteiger partial charge in [0.2, 0.25) is 0 Å². The van der Waals surface area contributed by atoms with Crippen LogP contribution in [-0.2, 0) is 0 Å². The van der Waals surface area contributed by atoms with E-state index in [1.165, 1.54) is 19.3 Å². The number of carbonyl (C=O) groups is 1. The molecule has 5 nitrogen and oxygen atoms in total. The first-order valence-electron chi connectivity index (χ1n) is 8.17. The van der Waals surface area contributed by atoms with E-state index in [0.29, 0.717) is 17.6 Å². The van der Waals surface area contributed by atoms with Crippen LogP contribution < -0.4 is 10.6 Å². The molecule has 0 saturated heterocycles. The number of nitrogens with zero attached hydrogens (tertiary/aromatic N) is 2. The fraction of sp³-hybridized carbons (Fsp3) is 0.389. The van der Waals surface area contributed by atoms with Gasteiger partial charge < -0.3 is 10.6 Å². The largest absolute Gasteiger partial charge is 0.366 e. The Bertz CT molecular complexity index is 638. The predicted molar refractivity (Wildman–Crippen MR) is 91.5 cm³/mol. The molecule has 1 amide bonds. The van der Waals surface area contributed by atoms with Crippen LogP contribution in [0, 0.1) is 5.92 Å². The Kier molecular flexibility index (Phi) is 4.86. The van der Waals surface area contributed by atoms with Gasteiger partial charge in [-0.15, -0.1) is 10.2 Å². The summed E-state index contributed by atoms with van der Waals surface area (Å²) in [5.41, 5.74) is 1.06.